The lowest BCUT2D eigenvalue weighted by Gasteiger charge is -2.09. The van der Waals surface area contributed by atoms with E-state index in [4.69, 9.17) is 21.4 Å². The van der Waals surface area contributed by atoms with Gasteiger partial charge in [0.05, 0.1) is 12.1 Å². The van der Waals surface area contributed by atoms with Gasteiger partial charge in [0.25, 0.3) is 0 Å². The fourth-order valence-electron chi connectivity index (χ4n) is 1.51. The van der Waals surface area contributed by atoms with Gasteiger partial charge in [-0.15, -0.1) is 0 Å². The van der Waals surface area contributed by atoms with Crippen molar-refractivity contribution in [3.8, 4) is 5.75 Å². The summed E-state index contributed by atoms with van der Waals surface area (Å²) < 4.78 is 5.10. The number of rotatable bonds is 4. The van der Waals surface area contributed by atoms with E-state index < -0.39 is 5.97 Å². The first-order chi connectivity index (χ1) is 9.10. The van der Waals surface area contributed by atoms with E-state index in [-0.39, 0.29) is 5.69 Å². The van der Waals surface area contributed by atoms with Gasteiger partial charge in [-0.1, -0.05) is 17.7 Å². The first-order valence-electron chi connectivity index (χ1n) is 5.41. The molecule has 6 heteroatoms. The van der Waals surface area contributed by atoms with Crippen molar-refractivity contribution in [2.45, 2.75) is 0 Å². The van der Waals surface area contributed by atoms with Crippen LogP contribution in [0.2, 0.25) is 5.02 Å². The van der Waals surface area contributed by atoms with Crippen LogP contribution in [0.25, 0.3) is 0 Å². The SMILES string of the molecule is COc1cc(Nc2cccc(C(=O)O)n2)ccc1Cl. The maximum atomic E-state index is 10.8. The lowest BCUT2D eigenvalue weighted by molar-refractivity contribution is 0.0690. The zero-order chi connectivity index (χ0) is 13.8. The number of pyridine rings is 1. The number of ether oxygens (including phenoxy) is 1. The Morgan fingerprint density at radius 1 is 1.37 bits per heavy atom. The second kappa shape index (κ2) is 5.58. The van der Waals surface area contributed by atoms with Crippen LogP contribution in [0.4, 0.5) is 11.5 Å². The number of halogens is 1. The van der Waals surface area contributed by atoms with Crippen LogP contribution in [0.5, 0.6) is 5.75 Å². The number of hydrogen-bond donors (Lipinski definition) is 2. The van der Waals surface area contributed by atoms with E-state index >= 15 is 0 Å². The molecule has 1 aromatic heterocycles. The topological polar surface area (TPSA) is 71.5 Å². The number of hydrogen-bond acceptors (Lipinski definition) is 4. The lowest BCUT2D eigenvalue weighted by atomic mass is 10.3. The number of aromatic carboxylic acids is 1. The van der Waals surface area contributed by atoms with Gasteiger partial charge in [-0.3, -0.25) is 0 Å². The summed E-state index contributed by atoms with van der Waals surface area (Å²) in [6, 6.07) is 9.86. The largest absolute Gasteiger partial charge is 0.495 e. The number of carboxylic acids is 1. The zero-order valence-corrected chi connectivity index (χ0v) is 10.8. The van der Waals surface area contributed by atoms with E-state index in [1.54, 1.807) is 30.3 Å². The van der Waals surface area contributed by atoms with Crippen molar-refractivity contribution >= 4 is 29.1 Å². The molecular formula is C13H11ClN2O3. The number of nitrogens with one attached hydrogen (secondary N) is 1. The molecule has 98 valence electrons. The summed E-state index contributed by atoms with van der Waals surface area (Å²) >= 11 is 5.92. The van der Waals surface area contributed by atoms with Crippen LogP contribution >= 0.6 is 11.6 Å². The fraction of sp³-hybridized carbons (Fsp3) is 0.0769. The number of anilines is 2. The maximum absolute atomic E-state index is 10.8. The quantitative estimate of drug-likeness (QED) is 0.899. The van der Waals surface area contributed by atoms with Gasteiger partial charge >= 0.3 is 5.97 Å². The second-order valence-corrected chi connectivity index (χ2v) is 4.09. The van der Waals surface area contributed by atoms with Gasteiger partial charge in [-0.2, -0.15) is 0 Å². The van der Waals surface area contributed by atoms with Gasteiger partial charge in [0.2, 0.25) is 0 Å². The molecule has 2 N–H and O–H groups in total. The molecule has 0 fully saturated rings. The minimum atomic E-state index is -1.07. The first-order valence-corrected chi connectivity index (χ1v) is 5.79. The Hall–Kier alpha value is -2.27. The molecule has 0 aliphatic carbocycles. The summed E-state index contributed by atoms with van der Waals surface area (Å²) in [5, 5.41) is 12.4. The molecule has 5 nitrogen and oxygen atoms in total. The third-order valence-electron chi connectivity index (χ3n) is 2.39. The summed E-state index contributed by atoms with van der Waals surface area (Å²) in [5.74, 6) is -0.109. The van der Waals surface area contributed by atoms with Gasteiger partial charge in [0.1, 0.15) is 11.6 Å². The Balaban J connectivity index is 2.26. The summed E-state index contributed by atoms with van der Waals surface area (Å²) in [5.41, 5.74) is 0.683. The standard InChI is InChI=1S/C13H11ClN2O3/c1-19-11-7-8(5-6-9(11)14)15-12-4-2-3-10(16-12)13(17)18/h2-7H,1H3,(H,15,16)(H,17,18). The van der Waals surface area contributed by atoms with E-state index in [0.29, 0.717) is 22.3 Å². The Morgan fingerprint density at radius 2 is 2.16 bits per heavy atom. The Bertz CT molecular complexity index is 617. The van der Waals surface area contributed by atoms with E-state index in [1.807, 2.05) is 0 Å². The molecule has 19 heavy (non-hydrogen) atoms. The van der Waals surface area contributed by atoms with Crippen LogP contribution in [0.15, 0.2) is 36.4 Å². The maximum Gasteiger partial charge on any atom is 0.354 e. The minimum absolute atomic E-state index is 0.0223. The predicted octanol–water partition coefficient (Wildman–Crippen LogP) is 3.19. The molecule has 0 aliphatic heterocycles. The average Bonchev–Trinajstić information content (AvgIpc) is 2.41. The summed E-state index contributed by atoms with van der Waals surface area (Å²) in [6.45, 7) is 0. The summed E-state index contributed by atoms with van der Waals surface area (Å²) in [7, 11) is 1.52. The molecule has 2 aromatic rings. The van der Waals surface area contributed by atoms with Crippen molar-refractivity contribution in [1.29, 1.82) is 0 Å². The molecule has 2 rings (SSSR count). The monoisotopic (exact) mass is 278 g/mol. The zero-order valence-electron chi connectivity index (χ0n) is 10.1. The van der Waals surface area contributed by atoms with E-state index in [9.17, 15) is 4.79 Å². The molecule has 0 unspecified atom stereocenters. The molecule has 0 aliphatic rings. The third kappa shape index (κ3) is 3.14. The van der Waals surface area contributed by atoms with Crippen LogP contribution in [0.3, 0.4) is 0 Å². The van der Waals surface area contributed by atoms with Crippen molar-refractivity contribution < 1.29 is 14.6 Å². The normalized spacial score (nSPS) is 10.0. The number of carboxylic acid groups (broad SMARTS) is 1. The number of carbonyl (C=O) groups is 1. The first kappa shape index (κ1) is 13.2. The number of benzene rings is 1. The van der Waals surface area contributed by atoms with Gasteiger partial charge in [-0.05, 0) is 24.3 Å². The van der Waals surface area contributed by atoms with Crippen molar-refractivity contribution in [2.75, 3.05) is 12.4 Å². The van der Waals surface area contributed by atoms with Crippen LogP contribution < -0.4 is 10.1 Å². The van der Waals surface area contributed by atoms with Crippen molar-refractivity contribution in [2.24, 2.45) is 0 Å². The molecule has 0 saturated carbocycles. The van der Waals surface area contributed by atoms with Gasteiger partial charge in [0.15, 0.2) is 5.69 Å². The molecule has 1 heterocycles. The van der Waals surface area contributed by atoms with Crippen molar-refractivity contribution in [1.82, 2.24) is 4.98 Å². The van der Waals surface area contributed by atoms with Gasteiger partial charge in [-0.25, -0.2) is 9.78 Å². The Labute approximate surface area is 114 Å². The van der Waals surface area contributed by atoms with Crippen molar-refractivity contribution in [3.63, 3.8) is 0 Å². The summed E-state index contributed by atoms with van der Waals surface area (Å²) in [4.78, 5) is 14.8. The number of nitrogens with zero attached hydrogens (tertiary/aromatic N) is 1. The lowest BCUT2D eigenvalue weighted by Crippen LogP contribution is -2.02. The van der Waals surface area contributed by atoms with E-state index in [0.717, 1.165) is 0 Å². The molecular weight excluding hydrogens is 268 g/mol. The minimum Gasteiger partial charge on any atom is -0.495 e. The summed E-state index contributed by atoms with van der Waals surface area (Å²) in [6.07, 6.45) is 0. The van der Waals surface area contributed by atoms with Gasteiger partial charge < -0.3 is 15.2 Å². The second-order valence-electron chi connectivity index (χ2n) is 3.69. The highest BCUT2D eigenvalue weighted by Crippen LogP contribution is 2.28. The Morgan fingerprint density at radius 3 is 2.84 bits per heavy atom. The predicted molar refractivity (Wildman–Crippen MR) is 72.5 cm³/mol. The smallest absolute Gasteiger partial charge is 0.354 e. The average molecular weight is 279 g/mol. The number of methoxy groups -OCH3 is 1. The highest BCUT2D eigenvalue weighted by molar-refractivity contribution is 6.32. The molecule has 1 aromatic carbocycles. The van der Waals surface area contributed by atoms with Crippen LogP contribution in [0.1, 0.15) is 10.5 Å². The van der Waals surface area contributed by atoms with E-state index in [1.165, 1.54) is 13.2 Å². The van der Waals surface area contributed by atoms with E-state index in [2.05, 4.69) is 10.3 Å². The number of aromatic nitrogens is 1. The molecule has 0 bridgehead atoms. The van der Waals surface area contributed by atoms with Gasteiger partial charge in [0, 0.05) is 11.8 Å². The molecule has 0 amide bonds. The highest BCUT2D eigenvalue weighted by atomic mass is 35.5. The molecule has 0 radical (unpaired) electrons. The highest BCUT2D eigenvalue weighted by Gasteiger charge is 2.06. The molecule has 0 atom stereocenters. The molecule has 0 saturated heterocycles. The van der Waals surface area contributed by atoms with Crippen LogP contribution in [-0.2, 0) is 0 Å². The van der Waals surface area contributed by atoms with Crippen LogP contribution in [0, 0.1) is 0 Å². The molecule has 0 spiro atoms. The Kier molecular flexibility index (Phi) is 3.87. The van der Waals surface area contributed by atoms with Crippen molar-refractivity contribution in [3.05, 3.63) is 47.1 Å². The van der Waals surface area contributed by atoms with Crippen LogP contribution in [-0.4, -0.2) is 23.2 Å². The fourth-order valence-corrected chi connectivity index (χ4v) is 1.70. The third-order valence-corrected chi connectivity index (χ3v) is 2.70.